The average molecular weight is 348 g/mol. The molecule has 3 rings (SSSR count). The van der Waals surface area contributed by atoms with E-state index in [1.807, 2.05) is 30.3 Å². The zero-order valence-corrected chi connectivity index (χ0v) is 14.9. The molecule has 26 heavy (non-hydrogen) atoms. The van der Waals surface area contributed by atoms with Crippen molar-refractivity contribution < 1.29 is 9.21 Å². The lowest BCUT2D eigenvalue weighted by molar-refractivity contribution is -0.118. The number of benzene rings is 2. The monoisotopic (exact) mass is 348 g/mol. The average Bonchev–Trinajstić information content (AvgIpc) is 3.11. The molecule has 4 nitrogen and oxygen atoms in total. The van der Waals surface area contributed by atoms with Crippen molar-refractivity contribution in [2.45, 2.75) is 38.5 Å². The van der Waals surface area contributed by atoms with Gasteiger partial charge in [0.1, 0.15) is 5.78 Å². The Balaban J connectivity index is 1.40. The first-order valence-corrected chi connectivity index (χ1v) is 9.07. The van der Waals surface area contributed by atoms with E-state index in [0.717, 1.165) is 31.2 Å². The van der Waals surface area contributed by atoms with E-state index < -0.39 is 0 Å². The maximum absolute atomic E-state index is 12.1. The smallest absolute Gasteiger partial charge is 0.202 e. The molecule has 2 aromatic carbocycles. The SMILES string of the molecule is Nc1cccc(-c2cnc(CC(=O)CCCCCc3ccccc3)o2)c1. The number of oxazole rings is 1. The summed E-state index contributed by atoms with van der Waals surface area (Å²) in [6, 6.07) is 17.9. The molecule has 4 heteroatoms. The van der Waals surface area contributed by atoms with Gasteiger partial charge >= 0.3 is 0 Å². The second-order valence-corrected chi connectivity index (χ2v) is 6.51. The number of nitrogens with two attached hydrogens (primary N) is 1. The lowest BCUT2D eigenvalue weighted by Gasteiger charge is -2.02. The largest absolute Gasteiger partial charge is 0.440 e. The minimum Gasteiger partial charge on any atom is -0.440 e. The number of rotatable bonds is 9. The molecule has 0 aliphatic carbocycles. The summed E-state index contributed by atoms with van der Waals surface area (Å²) in [6.07, 6.45) is 6.62. The number of hydrogen-bond donors (Lipinski definition) is 1. The summed E-state index contributed by atoms with van der Waals surface area (Å²) in [5.41, 5.74) is 8.68. The first-order valence-electron chi connectivity index (χ1n) is 9.07. The molecule has 0 aliphatic heterocycles. The van der Waals surface area contributed by atoms with Crippen LogP contribution in [-0.2, 0) is 17.6 Å². The molecule has 0 saturated heterocycles. The van der Waals surface area contributed by atoms with Gasteiger partial charge in [-0.1, -0.05) is 48.9 Å². The molecule has 0 fully saturated rings. The van der Waals surface area contributed by atoms with Gasteiger partial charge in [-0.05, 0) is 37.0 Å². The van der Waals surface area contributed by atoms with Crippen molar-refractivity contribution in [2.75, 3.05) is 5.73 Å². The predicted molar refractivity (Wildman–Crippen MR) is 104 cm³/mol. The number of carbonyl (C=O) groups is 1. The summed E-state index contributed by atoms with van der Waals surface area (Å²) in [6.45, 7) is 0. The van der Waals surface area contributed by atoms with E-state index >= 15 is 0 Å². The van der Waals surface area contributed by atoms with E-state index in [4.69, 9.17) is 10.2 Å². The third-order valence-corrected chi connectivity index (χ3v) is 4.34. The third-order valence-electron chi connectivity index (χ3n) is 4.34. The summed E-state index contributed by atoms with van der Waals surface area (Å²) >= 11 is 0. The Kier molecular flexibility index (Phi) is 6.20. The van der Waals surface area contributed by atoms with Gasteiger partial charge in [-0.3, -0.25) is 4.79 Å². The van der Waals surface area contributed by atoms with Crippen molar-refractivity contribution >= 4 is 11.5 Å². The quantitative estimate of drug-likeness (QED) is 0.444. The summed E-state index contributed by atoms with van der Waals surface area (Å²) in [7, 11) is 0. The van der Waals surface area contributed by atoms with Crippen LogP contribution in [-0.4, -0.2) is 10.8 Å². The van der Waals surface area contributed by atoms with Gasteiger partial charge in [-0.25, -0.2) is 4.98 Å². The molecule has 0 aliphatic rings. The van der Waals surface area contributed by atoms with Crippen LogP contribution in [0.3, 0.4) is 0 Å². The van der Waals surface area contributed by atoms with Crippen LogP contribution in [0.5, 0.6) is 0 Å². The summed E-state index contributed by atoms with van der Waals surface area (Å²) in [4.78, 5) is 16.3. The summed E-state index contributed by atoms with van der Waals surface area (Å²) in [5, 5.41) is 0. The van der Waals surface area contributed by atoms with E-state index in [1.54, 1.807) is 6.20 Å². The molecule has 0 bridgehead atoms. The third kappa shape index (κ3) is 5.31. The molecule has 0 amide bonds. The Labute approximate surface area is 154 Å². The lowest BCUT2D eigenvalue weighted by Crippen LogP contribution is -2.02. The molecular weight excluding hydrogens is 324 g/mol. The van der Waals surface area contributed by atoms with Crippen LogP contribution >= 0.6 is 0 Å². The molecule has 134 valence electrons. The normalized spacial score (nSPS) is 10.8. The van der Waals surface area contributed by atoms with Gasteiger partial charge < -0.3 is 10.2 Å². The van der Waals surface area contributed by atoms with Crippen molar-refractivity contribution in [1.29, 1.82) is 0 Å². The van der Waals surface area contributed by atoms with Crippen molar-refractivity contribution in [2.24, 2.45) is 0 Å². The zero-order chi connectivity index (χ0) is 18.2. The zero-order valence-electron chi connectivity index (χ0n) is 14.9. The first-order chi connectivity index (χ1) is 12.7. The van der Waals surface area contributed by atoms with Crippen molar-refractivity contribution in [3.05, 3.63) is 72.2 Å². The summed E-state index contributed by atoms with van der Waals surface area (Å²) < 4.78 is 5.69. The molecule has 0 radical (unpaired) electrons. The Bertz CT molecular complexity index is 840. The maximum atomic E-state index is 12.1. The molecule has 0 unspecified atom stereocenters. The van der Waals surface area contributed by atoms with Crippen molar-refractivity contribution in [1.82, 2.24) is 4.98 Å². The second kappa shape index (κ2) is 8.99. The molecule has 0 atom stereocenters. The van der Waals surface area contributed by atoms with Crippen LogP contribution in [0, 0.1) is 0 Å². The van der Waals surface area contributed by atoms with Crippen molar-refractivity contribution in [3.63, 3.8) is 0 Å². The molecule has 0 spiro atoms. The van der Waals surface area contributed by atoms with Gasteiger partial charge in [0.25, 0.3) is 0 Å². The first kappa shape index (κ1) is 17.9. The molecule has 1 heterocycles. The number of unbranched alkanes of at least 4 members (excludes halogenated alkanes) is 2. The van der Waals surface area contributed by atoms with Gasteiger partial charge in [0.15, 0.2) is 5.76 Å². The second-order valence-electron chi connectivity index (χ2n) is 6.51. The summed E-state index contributed by atoms with van der Waals surface area (Å²) in [5.74, 6) is 1.28. The van der Waals surface area contributed by atoms with Gasteiger partial charge in [0, 0.05) is 17.7 Å². The van der Waals surface area contributed by atoms with Crippen LogP contribution in [0.15, 0.2) is 65.2 Å². The van der Waals surface area contributed by atoms with Crippen LogP contribution in [0.2, 0.25) is 0 Å². The highest BCUT2D eigenvalue weighted by atomic mass is 16.4. The number of carbonyl (C=O) groups excluding carboxylic acids is 1. The van der Waals surface area contributed by atoms with E-state index in [9.17, 15) is 4.79 Å². The topological polar surface area (TPSA) is 69.1 Å². The number of ketones is 1. The lowest BCUT2D eigenvalue weighted by atomic mass is 10.0. The number of aromatic nitrogens is 1. The van der Waals surface area contributed by atoms with Gasteiger partial charge in [-0.15, -0.1) is 0 Å². The van der Waals surface area contributed by atoms with Crippen LogP contribution in [0.4, 0.5) is 5.69 Å². The Morgan fingerprint density at radius 1 is 1.00 bits per heavy atom. The number of Topliss-reactive ketones (excluding diaryl/α,β-unsaturated/α-hetero) is 1. The highest BCUT2D eigenvalue weighted by Crippen LogP contribution is 2.22. The molecule has 3 aromatic rings. The Hall–Kier alpha value is -2.88. The number of aryl methyl sites for hydroxylation is 1. The fraction of sp³-hybridized carbons (Fsp3) is 0.273. The fourth-order valence-electron chi connectivity index (χ4n) is 2.95. The predicted octanol–water partition coefficient (Wildman–Crippen LogP) is 4.84. The van der Waals surface area contributed by atoms with E-state index in [1.165, 1.54) is 5.56 Å². The van der Waals surface area contributed by atoms with Crippen molar-refractivity contribution in [3.8, 4) is 11.3 Å². The van der Waals surface area contributed by atoms with E-state index in [-0.39, 0.29) is 12.2 Å². The van der Waals surface area contributed by atoms with Gasteiger partial charge in [0.2, 0.25) is 5.89 Å². The highest BCUT2D eigenvalue weighted by Gasteiger charge is 2.11. The molecule has 1 aromatic heterocycles. The number of nitrogens with zero attached hydrogens (tertiary/aromatic N) is 1. The number of anilines is 1. The number of nitrogen functional groups attached to an aromatic ring is 1. The van der Waals surface area contributed by atoms with E-state index in [2.05, 4.69) is 29.2 Å². The fourth-order valence-corrected chi connectivity index (χ4v) is 2.95. The molecular formula is C22H24N2O2. The van der Waals surface area contributed by atoms with Crippen LogP contribution in [0.1, 0.15) is 37.1 Å². The minimum atomic E-state index is 0.172. The van der Waals surface area contributed by atoms with Gasteiger partial charge in [-0.2, -0.15) is 0 Å². The Morgan fingerprint density at radius 2 is 1.85 bits per heavy atom. The van der Waals surface area contributed by atoms with Gasteiger partial charge in [0.05, 0.1) is 12.6 Å². The highest BCUT2D eigenvalue weighted by molar-refractivity contribution is 5.80. The van der Waals surface area contributed by atoms with Crippen LogP contribution < -0.4 is 5.73 Å². The van der Waals surface area contributed by atoms with Crippen LogP contribution in [0.25, 0.3) is 11.3 Å². The standard InChI is InChI=1S/C22H24N2O2/c23-19-12-7-11-18(14-19)21-16-24-22(26-21)15-20(25)13-6-2-5-10-17-8-3-1-4-9-17/h1,3-4,7-9,11-12,14,16H,2,5-6,10,13,15,23H2. The Morgan fingerprint density at radius 3 is 2.65 bits per heavy atom. The maximum Gasteiger partial charge on any atom is 0.202 e. The number of hydrogen-bond acceptors (Lipinski definition) is 4. The van der Waals surface area contributed by atoms with E-state index in [0.29, 0.717) is 23.8 Å². The molecule has 0 saturated carbocycles. The molecule has 2 N–H and O–H groups in total. The minimum absolute atomic E-state index is 0.172.